The number of piperidine rings is 1. The largest absolute Gasteiger partial charge is 0.457 e. The summed E-state index contributed by atoms with van der Waals surface area (Å²) in [5.41, 5.74) is 8.12. The number of amides is 2. The first-order valence-corrected chi connectivity index (χ1v) is 16.3. The third-order valence-corrected chi connectivity index (χ3v) is 8.04. The van der Waals surface area contributed by atoms with Gasteiger partial charge in [0.05, 0.1) is 11.4 Å². The van der Waals surface area contributed by atoms with Crippen molar-refractivity contribution in [1.82, 2.24) is 34.9 Å². The van der Waals surface area contributed by atoms with E-state index in [2.05, 4.69) is 20.2 Å². The minimum absolute atomic E-state index is 0.0286. The molecular formula is C35H46N8O4. The zero-order valence-corrected chi connectivity index (χ0v) is 27.8. The van der Waals surface area contributed by atoms with Crippen LogP contribution < -0.4 is 15.8 Å². The van der Waals surface area contributed by atoms with Crippen LogP contribution in [-0.2, 0) is 9.53 Å². The summed E-state index contributed by atoms with van der Waals surface area (Å²) in [6.07, 6.45) is 4.87. The number of alkyl carbamates (subject to hydrolysis) is 1. The Morgan fingerprint density at radius 2 is 1.74 bits per heavy atom. The lowest BCUT2D eigenvalue weighted by atomic mass is 10.0. The number of carbonyl (C=O) groups is 2. The van der Waals surface area contributed by atoms with E-state index in [-0.39, 0.29) is 11.9 Å². The highest BCUT2D eigenvalue weighted by molar-refractivity contribution is 5.98. The van der Waals surface area contributed by atoms with Gasteiger partial charge < -0.3 is 30.3 Å². The third kappa shape index (κ3) is 9.19. The fourth-order valence-corrected chi connectivity index (χ4v) is 5.76. The summed E-state index contributed by atoms with van der Waals surface area (Å²) < 4.78 is 13.2. The quantitative estimate of drug-likeness (QED) is 0.187. The van der Waals surface area contributed by atoms with Crippen LogP contribution in [0, 0.1) is 0 Å². The number of nitrogens with zero attached hydrogens (tertiary/aromatic N) is 6. The van der Waals surface area contributed by atoms with E-state index in [0.29, 0.717) is 42.1 Å². The van der Waals surface area contributed by atoms with Crippen molar-refractivity contribution in [1.29, 1.82) is 0 Å². The first-order valence-electron chi connectivity index (χ1n) is 16.3. The molecule has 0 aliphatic carbocycles. The molecule has 12 heteroatoms. The third-order valence-electron chi connectivity index (χ3n) is 8.04. The zero-order valence-electron chi connectivity index (χ0n) is 27.8. The maximum absolute atomic E-state index is 13.3. The number of nitrogens with two attached hydrogens (primary N) is 1. The lowest BCUT2D eigenvalue weighted by Crippen LogP contribution is -2.41. The number of ether oxygens (including phenoxy) is 2. The highest BCUT2D eigenvalue weighted by Gasteiger charge is 2.28. The van der Waals surface area contributed by atoms with Crippen LogP contribution in [0.15, 0.2) is 60.9 Å². The van der Waals surface area contributed by atoms with Gasteiger partial charge in [-0.25, -0.2) is 19.4 Å². The lowest BCUT2D eigenvalue weighted by Gasteiger charge is -2.33. The van der Waals surface area contributed by atoms with Crippen molar-refractivity contribution in [3.63, 3.8) is 0 Å². The summed E-state index contributed by atoms with van der Waals surface area (Å²) >= 11 is 0. The SMILES string of the molecule is CN(CCCNC(=O)OC(C)(C)C)CCCC(=O)N1CCC[C@@H](n2nc(-c3ccc(Oc4ccccc4)cc3)c3c(N)ncnc32)C1. The number of nitrogens with one attached hydrogen (secondary N) is 1. The smallest absolute Gasteiger partial charge is 0.407 e. The van der Waals surface area contributed by atoms with Crippen LogP contribution in [0.2, 0.25) is 0 Å². The van der Waals surface area contributed by atoms with Crippen molar-refractivity contribution in [2.24, 2.45) is 0 Å². The fourth-order valence-electron chi connectivity index (χ4n) is 5.76. The molecule has 250 valence electrons. The van der Waals surface area contributed by atoms with Gasteiger partial charge in [0.15, 0.2) is 5.65 Å². The summed E-state index contributed by atoms with van der Waals surface area (Å²) in [5, 5.41) is 8.51. The first-order chi connectivity index (χ1) is 22.6. The van der Waals surface area contributed by atoms with Gasteiger partial charge in [-0.1, -0.05) is 18.2 Å². The minimum Gasteiger partial charge on any atom is -0.457 e. The highest BCUT2D eigenvalue weighted by Crippen LogP contribution is 2.35. The number of likely N-dealkylation sites (tertiary alicyclic amines) is 1. The number of nitrogen functional groups attached to an aromatic ring is 1. The van der Waals surface area contributed by atoms with Crippen molar-refractivity contribution in [3.8, 4) is 22.8 Å². The molecule has 4 aromatic rings. The van der Waals surface area contributed by atoms with Crippen molar-refractivity contribution >= 4 is 28.9 Å². The number of anilines is 1. The van der Waals surface area contributed by atoms with E-state index in [0.717, 1.165) is 62.4 Å². The van der Waals surface area contributed by atoms with E-state index >= 15 is 0 Å². The summed E-state index contributed by atoms with van der Waals surface area (Å²) in [5.74, 6) is 2.00. The molecule has 0 bridgehead atoms. The van der Waals surface area contributed by atoms with Gasteiger partial charge in [-0.2, -0.15) is 5.10 Å². The van der Waals surface area contributed by atoms with Gasteiger partial charge in [0.2, 0.25) is 5.91 Å². The summed E-state index contributed by atoms with van der Waals surface area (Å²) in [6.45, 7) is 8.99. The van der Waals surface area contributed by atoms with Gasteiger partial charge in [-0.3, -0.25) is 4.79 Å². The summed E-state index contributed by atoms with van der Waals surface area (Å²) in [7, 11) is 2.03. The van der Waals surface area contributed by atoms with Gasteiger partial charge >= 0.3 is 6.09 Å². The molecule has 47 heavy (non-hydrogen) atoms. The molecule has 1 atom stereocenters. The van der Waals surface area contributed by atoms with Crippen LogP contribution in [0.25, 0.3) is 22.3 Å². The number of fused-ring (bicyclic) bond motifs is 1. The second kappa shape index (κ2) is 15.3. The van der Waals surface area contributed by atoms with Gasteiger partial charge in [0.25, 0.3) is 0 Å². The molecular weight excluding hydrogens is 596 g/mol. The van der Waals surface area contributed by atoms with Crippen LogP contribution in [0.5, 0.6) is 11.5 Å². The zero-order chi connectivity index (χ0) is 33.4. The normalized spacial score (nSPS) is 15.2. The van der Waals surface area contributed by atoms with Gasteiger partial charge in [-0.15, -0.1) is 0 Å². The van der Waals surface area contributed by atoms with Gasteiger partial charge in [0, 0.05) is 31.6 Å². The molecule has 2 aromatic carbocycles. The van der Waals surface area contributed by atoms with E-state index in [1.165, 1.54) is 6.33 Å². The summed E-state index contributed by atoms with van der Waals surface area (Å²) in [6, 6.07) is 17.3. The molecule has 0 saturated carbocycles. The Morgan fingerprint density at radius 1 is 1.02 bits per heavy atom. The molecule has 0 unspecified atom stereocenters. The molecule has 1 aliphatic rings. The van der Waals surface area contributed by atoms with Crippen LogP contribution in [0.4, 0.5) is 10.6 Å². The van der Waals surface area contributed by atoms with Crippen molar-refractivity contribution in [2.45, 2.75) is 64.5 Å². The molecule has 1 saturated heterocycles. The molecule has 1 fully saturated rings. The van der Waals surface area contributed by atoms with Crippen LogP contribution in [0.3, 0.4) is 0 Å². The van der Waals surface area contributed by atoms with Crippen molar-refractivity contribution < 1.29 is 19.1 Å². The van der Waals surface area contributed by atoms with E-state index < -0.39 is 11.7 Å². The van der Waals surface area contributed by atoms with Gasteiger partial charge in [-0.05, 0) is 103 Å². The number of hydrogen-bond acceptors (Lipinski definition) is 9. The average Bonchev–Trinajstić information content (AvgIpc) is 3.44. The Kier molecular flexibility index (Phi) is 10.9. The second-order valence-corrected chi connectivity index (χ2v) is 13.0. The van der Waals surface area contributed by atoms with Crippen molar-refractivity contribution in [3.05, 3.63) is 60.9 Å². The number of aromatic nitrogens is 4. The standard InChI is InChI=1S/C35H46N8O4/c1-35(2,3)47-34(45)37-19-10-21-41(4)20-9-14-29(44)42-22-8-11-26(23-42)43-33-30(32(36)38-24-39-33)31(40-43)25-15-17-28(18-16-25)46-27-12-6-5-7-13-27/h5-7,12-13,15-18,24,26H,8-11,14,19-23H2,1-4H3,(H,37,45)(H2,36,38,39)/t26-/m1/s1. The van der Waals surface area contributed by atoms with E-state index in [4.69, 9.17) is 20.3 Å². The number of rotatable bonds is 12. The number of benzene rings is 2. The Morgan fingerprint density at radius 3 is 2.49 bits per heavy atom. The van der Waals surface area contributed by atoms with E-state index in [1.807, 2.05) is 92.0 Å². The maximum Gasteiger partial charge on any atom is 0.407 e. The lowest BCUT2D eigenvalue weighted by molar-refractivity contribution is -0.133. The molecule has 2 amide bonds. The predicted octanol–water partition coefficient (Wildman–Crippen LogP) is 5.66. The predicted molar refractivity (Wildman–Crippen MR) is 182 cm³/mol. The average molecular weight is 643 g/mol. The van der Waals surface area contributed by atoms with E-state index in [1.54, 1.807) is 0 Å². The molecule has 3 N–H and O–H groups in total. The van der Waals surface area contributed by atoms with Crippen molar-refractivity contribution in [2.75, 3.05) is 45.5 Å². The van der Waals surface area contributed by atoms with Crippen LogP contribution in [-0.4, -0.2) is 86.9 Å². The molecule has 0 spiro atoms. The number of hydrogen-bond donors (Lipinski definition) is 2. The van der Waals surface area contributed by atoms with E-state index in [9.17, 15) is 9.59 Å². The molecule has 3 heterocycles. The molecule has 12 nitrogen and oxygen atoms in total. The molecule has 1 aliphatic heterocycles. The Hall–Kier alpha value is -4.71. The maximum atomic E-state index is 13.3. The Balaban J connectivity index is 1.16. The van der Waals surface area contributed by atoms with Gasteiger partial charge in [0.1, 0.15) is 34.9 Å². The molecule has 0 radical (unpaired) electrons. The van der Waals surface area contributed by atoms with Crippen LogP contribution in [0.1, 0.15) is 58.9 Å². The first kappa shape index (κ1) is 33.6. The summed E-state index contributed by atoms with van der Waals surface area (Å²) in [4.78, 5) is 38.1. The monoisotopic (exact) mass is 642 g/mol. The minimum atomic E-state index is -0.509. The second-order valence-electron chi connectivity index (χ2n) is 13.0. The topological polar surface area (TPSA) is 141 Å². The fraction of sp³-hybridized carbons (Fsp3) is 0.457. The van der Waals surface area contributed by atoms with Crippen LogP contribution >= 0.6 is 0 Å². The highest BCUT2D eigenvalue weighted by atomic mass is 16.6. The number of carbonyl (C=O) groups excluding carboxylic acids is 2. The Labute approximate surface area is 276 Å². The molecule has 2 aromatic heterocycles. The molecule has 5 rings (SSSR count). The Bertz CT molecular complexity index is 1640. The number of para-hydroxylation sites is 1.